The summed E-state index contributed by atoms with van der Waals surface area (Å²) in [6.45, 7) is 26.1. The summed E-state index contributed by atoms with van der Waals surface area (Å²) in [6.07, 6.45) is 26.7. The van der Waals surface area contributed by atoms with Crippen LogP contribution in [0.25, 0.3) is 0 Å². The molecule has 0 aromatic rings. The molecule has 0 aromatic carbocycles. The second-order valence-electron chi connectivity index (χ2n) is 20.2. The minimum absolute atomic E-state index is 0.0582. The van der Waals surface area contributed by atoms with Gasteiger partial charge in [-0.3, -0.25) is 19.2 Å². The van der Waals surface area contributed by atoms with E-state index in [1.807, 2.05) is 86.4 Å². The maximum Gasteiger partial charge on any atom is 0.221 e. The number of unbranched alkanes of at least 4 members (excludes halogenated alkanes) is 8. The van der Waals surface area contributed by atoms with Gasteiger partial charge in [-0.05, 0) is 58.4 Å². The third-order valence-corrected chi connectivity index (χ3v) is 25.7. The Morgan fingerprint density at radius 2 is 0.579 bits per heavy atom. The standard InChI is InChI=1S/C57H115N7O4S8/c1-10-18-22-26-50(14-5)73-69-46-34-58-54(65)30-38-63(39-31-55(66)59-35-47-70-74-51(15-6)27-23-19-11-2)44-42-62(9)43-45-64(40-32-56(67)60-36-48-71-75-52(16-7)28-24-20-12-3)41-33-57(68)61-37-49-72-76-53(17-8)29-25-21-13-4/h50-53H,10-49H2,1-9H3,(H,58,65)(H,59,66)(H,60,67)(H,61,68). The van der Waals surface area contributed by atoms with Crippen LogP contribution in [-0.4, -0.2) is 168 Å². The zero-order chi connectivity index (χ0) is 56.1. The van der Waals surface area contributed by atoms with Crippen LogP contribution < -0.4 is 21.3 Å². The van der Waals surface area contributed by atoms with Gasteiger partial charge in [0.15, 0.2) is 0 Å². The van der Waals surface area contributed by atoms with Gasteiger partial charge in [0.2, 0.25) is 23.6 Å². The van der Waals surface area contributed by atoms with Gasteiger partial charge in [-0.15, -0.1) is 0 Å². The van der Waals surface area contributed by atoms with Gasteiger partial charge in [-0.25, -0.2) is 0 Å². The molecule has 4 N–H and O–H groups in total. The van der Waals surface area contributed by atoms with E-state index in [0.29, 0.717) is 99.0 Å². The van der Waals surface area contributed by atoms with Crippen molar-refractivity contribution < 1.29 is 19.2 Å². The lowest BCUT2D eigenvalue weighted by Crippen LogP contribution is -2.41. The van der Waals surface area contributed by atoms with E-state index in [9.17, 15) is 19.2 Å². The molecule has 11 nitrogen and oxygen atoms in total. The van der Waals surface area contributed by atoms with Crippen LogP contribution in [0.1, 0.15) is 209 Å². The number of hydrogen-bond donors (Lipinski definition) is 4. The second kappa shape index (κ2) is 57.4. The zero-order valence-electron chi connectivity index (χ0n) is 49.8. The molecule has 19 heteroatoms. The Kier molecular flexibility index (Phi) is 57.8. The quantitative estimate of drug-likeness (QED) is 0.0341. The van der Waals surface area contributed by atoms with Crippen molar-refractivity contribution >= 4 is 110 Å². The van der Waals surface area contributed by atoms with Crippen LogP contribution in [0.4, 0.5) is 0 Å². The lowest BCUT2D eigenvalue weighted by atomic mass is 10.1. The second-order valence-corrected chi connectivity index (χ2v) is 31.3. The maximum atomic E-state index is 13.1. The predicted molar refractivity (Wildman–Crippen MR) is 354 cm³/mol. The van der Waals surface area contributed by atoms with Gasteiger partial charge in [0.25, 0.3) is 0 Å². The smallest absolute Gasteiger partial charge is 0.221 e. The van der Waals surface area contributed by atoms with Crippen molar-refractivity contribution in [1.29, 1.82) is 0 Å². The van der Waals surface area contributed by atoms with Crippen LogP contribution in [0.3, 0.4) is 0 Å². The topological polar surface area (TPSA) is 126 Å². The Morgan fingerprint density at radius 1 is 0.342 bits per heavy atom. The van der Waals surface area contributed by atoms with Gasteiger partial charge in [0.1, 0.15) is 0 Å². The Bertz CT molecular complexity index is 1170. The number of rotatable bonds is 58. The highest BCUT2D eigenvalue weighted by molar-refractivity contribution is 8.77. The average Bonchev–Trinajstić information content (AvgIpc) is 3.42. The minimum atomic E-state index is 0.0582. The number of nitrogens with zero attached hydrogens (tertiary/aromatic N) is 3. The van der Waals surface area contributed by atoms with Crippen molar-refractivity contribution in [2.75, 3.05) is 109 Å². The molecule has 0 rings (SSSR count). The first-order valence-corrected chi connectivity index (χ1v) is 39.8. The van der Waals surface area contributed by atoms with E-state index in [1.54, 1.807) is 0 Å². The molecule has 0 saturated heterocycles. The number of likely N-dealkylation sites (N-methyl/N-ethyl adjacent to an activating group) is 1. The van der Waals surface area contributed by atoms with Crippen LogP contribution in [0, 0.1) is 0 Å². The van der Waals surface area contributed by atoms with Gasteiger partial charge in [-0.1, -0.05) is 219 Å². The summed E-state index contributed by atoms with van der Waals surface area (Å²) in [6, 6.07) is 0. The molecule has 0 bridgehead atoms. The number of carbonyl (C=O) groups excluding carboxylic acids is 4. The normalized spacial score (nSPS) is 13.3. The van der Waals surface area contributed by atoms with E-state index in [1.165, 1.54) is 128 Å². The lowest BCUT2D eigenvalue weighted by Gasteiger charge is -2.28. The minimum Gasteiger partial charge on any atom is -0.355 e. The molecule has 0 aromatic heterocycles. The SMILES string of the molecule is CCCCCC(CC)SSCCNC(=O)CCN(CCC(=O)NCCSSC(CC)CCCCC)CCN(C)CCN(CCC(=O)NCCSSC(CC)CCCCC)CCC(=O)NCCSSC(CC)CCCCC. The third-order valence-electron chi connectivity index (χ3n) is 13.4. The average molecular weight is 1220 g/mol. The Labute approximate surface area is 500 Å². The Hall–Kier alpha value is 0.560. The largest absolute Gasteiger partial charge is 0.355 e. The fourth-order valence-electron chi connectivity index (χ4n) is 8.07. The van der Waals surface area contributed by atoms with Crippen molar-refractivity contribution in [1.82, 2.24) is 36.0 Å². The Balaban J connectivity index is 5.46. The molecule has 0 fully saturated rings. The summed E-state index contributed by atoms with van der Waals surface area (Å²) >= 11 is 0. The molecule has 0 aliphatic heterocycles. The maximum absolute atomic E-state index is 13.1. The number of nitrogens with one attached hydrogen (secondary N) is 4. The van der Waals surface area contributed by atoms with Gasteiger partial charge in [0, 0.05) is 148 Å². The van der Waals surface area contributed by atoms with E-state index in [0.717, 1.165) is 49.2 Å². The molecule has 4 unspecified atom stereocenters. The van der Waals surface area contributed by atoms with E-state index < -0.39 is 0 Å². The van der Waals surface area contributed by atoms with Crippen molar-refractivity contribution in [3.8, 4) is 0 Å². The van der Waals surface area contributed by atoms with Gasteiger partial charge in [0.05, 0.1) is 0 Å². The van der Waals surface area contributed by atoms with E-state index in [-0.39, 0.29) is 23.6 Å². The molecule has 0 spiro atoms. The molecule has 0 aliphatic rings. The lowest BCUT2D eigenvalue weighted by molar-refractivity contribution is -0.123. The molecule has 76 heavy (non-hydrogen) atoms. The molecule has 4 atom stereocenters. The Morgan fingerprint density at radius 3 is 0.789 bits per heavy atom. The summed E-state index contributed by atoms with van der Waals surface area (Å²) in [5.41, 5.74) is 0. The zero-order valence-corrected chi connectivity index (χ0v) is 56.4. The van der Waals surface area contributed by atoms with E-state index in [2.05, 4.69) is 98.4 Å². The van der Waals surface area contributed by atoms with Crippen molar-refractivity contribution in [3.05, 3.63) is 0 Å². The van der Waals surface area contributed by atoms with Crippen LogP contribution >= 0.6 is 86.4 Å². The highest BCUT2D eigenvalue weighted by Gasteiger charge is 2.17. The third kappa shape index (κ3) is 49.2. The molecule has 0 heterocycles. The molecule has 450 valence electrons. The van der Waals surface area contributed by atoms with Crippen LogP contribution in [0.2, 0.25) is 0 Å². The molecular weight excluding hydrogens is 1100 g/mol. The van der Waals surface area contributed by atoms with Gasteiger partial charge < -0.3 is 36.0 Å². The van der Waals surface area contributed by atoms with Crippen LogP contribution in [0.15, 0.2) is 0 Å². The van der Waals surface area contributed by atoms with Crippen LogP contribution in [0.5, 0.6) is 0 Å². The highest BCUT2D eigenvalue weighted by atomic mass is 33.1. The summed E-state index contributed by atoms with van der Waals surface area (Å²) in [5, 5.41) is 15.3. The summed E-state index contributed by atoms with van der Waals surface area (Å²) < 4.78 is 0. The highest BCUT2D eigenvalue weighted by Crippen LogP contribution is 2.34. The summed E-state index contributed by atoms with van der Waals surface area (Å²) in [5.74, 6) is 3.81. The molecule has 0 radical (unpaired) electrons. The molecular formula is C57H115N7O4S8. The number of hydrogen-bond acceptors (Lipinski definition) is 15. The predicted octanol–water partition coefficient (Wildman–Crippen LogP) is 14.5. The monoisotopic (exact) mass is 1220 g/mol. The first kappa shape index (κ1) is 76.6. The fourth-order valence-corrected chi connectivity index (χ4v) is 18.8. The first-order chi connectivity index (χ1) is 37.0. The van der Waals surface area contributed by atoms with E-state index >= 15 is 0 Å². The molecule has 4 amide bonds. The van der Waals surface area contributed by atoms with E-state index in [4.69, 9.17) is 0 Å². The van der Waals surface area contributed by atoms with Gasteiger partial charge >= 0.3 is 0 Å². The first-order valence-electron chi connectivity index (χ1n) is 30.3. The molecule has 0 saturated carbocycles. The summed E-state index contributed by atoms with van der Waals surface area (Å²) in [4.78, 5) is 59.2. The number of carbonyl (C=O) groups is 4. The van der Waals surface area contributed by atoms with Crippen molar-refractivity contribution in [3.63, 3.8) is 0 Å². The van der Waals surface area contributed by atoms with Gasteiger partial charge in [-0.2, -0.15) is 0 Å². The summed E-state index contributed by atoms with van der Waals surface area (Å²) in [7, 11) is 17.5. The fraction of sp³-hybridized carbons (Fsp3) is 0.930. The molecule has 0 aliphatic carbocycles. The number of amides is 4. The van der Waals surface area contributed by atoms with Crippen molar-refractivity contribution in [2.24, 2.45) is 0 Å². The van der Waals surface area contributed by atoms with Crippen molar-refractivity contribution in [2.45, 2.75) is 230 Å². The van der Waals surface area contributed by atoms with Crippen LogP contribution in [-0.2, 0) is 19.2 Å².